The van der Waals surface area contributed by atoms with E-state index in [4.69, 9.17) is 5.11 Å². The van der Waals surface area contributed by atoms with Gasteiger partial charge in [0.05, 0.1) is 11.5 Å². The highest BCUT2D eigenvalue weighted by Gasteiger charge is 2.21. The molecule has 0 heterocycles. The third-order valence-electron chi connectivity index (χ3n) is 4.08. The molecule has 2 rings (SSSR count). The van der Waals surface area contributed by atoms with Crippen molar-refractivity contribution in [1.29, 1.82) is 0 Å². The molecule has 5 heteroatoms. The van der Waals surface area contributed by atoms with Gasteiger partial charge in [0.25, 0.3) is 0 Å². The second-order valence-electron chi connectivity index (χ2n) is 5.45. The van der Waals surface area contributed by atoms with Gasteiger partial charge in [0.1, 0.15) is 0 Å². The second kappa shape index (κ2) is 6.70. The molecule has 1 saturated carbocycles. The van der Waals surface area contributed by atoms with Gasteiger partial charge in [-0.1, -0.05) is 31.4 Å². The first-order chi connectivity index (χ1) is 9.55. The molecule has 0 aromatic heterocycles. The van der Waals surface area contributed by atoms with Gasteiger partial charge >= 0.3 is 0 Å². The van der Waals surface area contributed by atoms with E-state index >= 15 is 0 Å². The molecule has 112 valence electrons. The largest absolute Gasteiger partial charge is 0.395 e. The first-order valence-corrected chi connectivity index (χ1v) is 8.67. The summed E-state index contributed by atoms with van der Waals surface area (Å²) < 4.78 is 25.6. The number of likely N-dealkylation sites (N-methyl/N-ethyl adjacent to an activating group) is 1. The monoisotopic (exact) mass is 297 g/mol. The van der Waals surface area contributed by atoms with Crippen LogP contribution in [0.3, 0.4) is 0 Å². The quantitative estimate of drug-likeness (QED) is 0.907. The highest BCUT2D eigenvalue weighted by Crippen LogP contribution is 2.33. The molecule has 4 nitrogen and oxygen atoms in total. The van der Waals surface area contributed by atoms with Crippen molar-refractivity contribution in [2.45, 2.75) is 42.9 Å². The molecule has 1 aliphatic rings. The second-order valence-corrected chi connectivity index (χ2v) is 7.50. The number of rotatable bonds is 5. The standard InChI is InChI=1S/C15H23NO3S/c1-16(11-12-17)20(18,19)15-9-7-14(8-10-15)13-5-3-2-4-6-13/h7-10,13,17H,2-6,11-12H2,1H3. The molecule has 0 unspecified atom stereocenters. The highest BCUT2D eigenvalue weighted by atomic mass is 32.2. The number of aliphatic hydroxyl groups is 1. The molecule has 0 atom stereocenters. The smallest absolute Gasteiger partial charge is 0.242 e. The molecular weight excluding hydrogens is 274 g/mol. The number of hydrogen-bond acceptors (Lipinski definition) is 3. The summed E-state index contributed by atoms with van der Waals surface area (Å²) >= 11 is 0. The van der Waals surface area contributed by atoms with Gasteiger partial charge < -0.3 is 5.11 Å². The van der Waals surface area contributed by atoms with E-state index < -0.39 is 10.0 Å². The van der Waals surface area contributed by atoms with Crippen molar-refractivity contribution in [2.24, 2.45) is 0 Å². The Bertz CT molecular complexity index is 519. The van der Waals surface area contributed by atoms with Crippen LogP contribution in [0, 0.1) is 0 Å². The molecule has 1 fully saturated rings. The van der Waals surface area contributed by atoms with Crippen molar-refractivity contribution in [2.75, 3.05) is 20.2 Å². The fourth-order valence-corrected chi connectivity index (χ4v) is 3.95. The summed E-state index contributed by atoms with van der Waals surface area (Å²) in [6.45, 7) is -0.0530. The van der Waals surface area contributed by atoms with Crippen LogP contribution in [0.2, 0.25) is 0 Å². The lowest BCUT2D eigenvalue weighted by molar-refractivity contribution is 0.266. The van der Waals surface area contributed by atoms with E-state index in [0.29, 0.717) is 10.8 Å². The van der Waals surface area contributed by atoms with Crippen molar-refractivity contribution in [3.63, 3.8) is 0 Å². The van der Waals surface area contributed by atoms with E-state index in [1.54, 1.807) is 12.1 Å². The number of sulfonamides is 1. The summed E-state index contributed by atoms with van der Waals surface area (Å²) in [6, 6.07) is 7.26. The maximum Gasteiger partial charge on any atom is 0.242 e. The Labute approximate surface area is 121 Å². The zero-order valence-corrected chi connectivity index (χ0v) is 12.8. The molecule has 1 aromatic carbocycles. The zero-order valence-electron chi connectivity index (χ0n) is 12.0. The topological polar surface area (TPSA) is 57.6 Å². The van der Waals surface area contributed by atoms with Gasteiger partial charge in [0, 0.05) is 13.6 Å². The van der Waals surface area contributed by atoms with Crippen LogP contribution >= 0.6 is 0 Å². The number of hydrogen-bond donors (Lipinski definition) is 1. The van der Waals surface area contributed by atoms with Gasteiger partial charge in [-0.05, 0) is 36.5 Å². The Morgan fingerprint density at radius 3 is 2.30 bits per heavy atom. The lowest BCUT2D eigenvalue weighted by Gasteiger charge is -2.22. The Morgan fingerprint density at radius 1 is 1.15 bits per heavy atom. The molecule has 20 heavy (non-hydrogen) atoms. The Hall–Kier alpha value is -0.910. The Morgan fingerprint density at radius 2 is 1.75 bits per heavy atom. The van der Waals surface area contributed by atoms with Crippen LogP contribution in [-0.4, -0.2) is 38.0 Å². The Kier molecular flexibility index (Phi) is 5.18. The summed E-state index contributed by atoms with van der Waals surface area (Å²) in [4.78, 5) is 0.299. The van der Waals surface area contributed by atoms with E-state index in [0.717, 1.165) is 0 Å². The molecule has 0 amide bonds. The van der Waals surface area contributed by atoms with E-state index in [-0.39, 0.29) is 13.2 Å². The van der Waals surface area contributed by atoms with Gasteiger partial charge in [-0.3, -0.25) is 0 Å². The highest BCUT2D eigenvalue weighted by molar-refractivity contribution is 7.89. The van der Waals surface area contributed by atoms with Crippen LogP contribution < -0.4 is 0 Å². The van der Waals surface area contributed by atoms with Crippen LogP contribution in [0.1, 0.15) is 43.6 Å². The van der Waals surface area contributed by atoms with Crippen LogP contribution in [0.25, 0.3) is 0 Å². The lowest BCUT2D eigenvalue weighted by atomic mass is 9.84. The number of aliphatic hydroxyl groups excluding tert-OH is 1. The van der Waals surface area contributed by atoms with Crippen molar-refractivity contribution in [3.05, 3.63) is 29.8 Å². The van der Waals surface area contributed by atoms with Gasteiger partial charge in [0.15, 0.2) is 0 Å². The summed E-state index contributed by atoms with van der Waals surface area (Å²) in [7, 11) is -1.99. The SMILES string of the molecule is CN(CCO)S(=O)(=O)c1ccc(C2CCCCC2)cc1. The minimum absolute atomic E-state index is 0.118. The van der Waals surface area contributed by atoms with Gasteiger partial charge in [-0.2, -0.15) is 4.31 Å². The predicted octanol–water partition coefficient (Wildman–Crippen LogP) is 2.35. The fraction of sp³-hybridized carbons (Fsp3) is 0.600. The van der Waals surface area contributed by atoms with Crippen LogP contribution in [0.15, 0.2) is 29.2 Å². The maximum atomic E-state index is 12.2. The molecule has 1 N–H and O–H groups in total. The van der Waals surface area contributed by atoms with E-state index in [2.05, 4.69) is 0 Å². The Balaban J connectivity index is 2.15. The number of benzene rings is 1. The summed E-state index contributed by atoms with van der Waals surface area (Å²) in [6.07, 6.45) is 6.26. The van der Waals surface area contributed by atoms with Crippen molar-refractivity contribution in [3.8, 4) is 0 Å². The van der Waals surface area contributed by atoms with Gasteiger partial charge in [-0.25, -0.2) is 8.42 Å². The average molecular weight is 297 g/mol. The van der Waals surface area contributed by atoms with E-state index in [1.807, 2.05) is 12.1 Å². The van der Waals surface area contributed by atoms with Crippen molar-refractivity contribution < 1.29 is 13.5 Å². The van der Waals surface area contributed by atoms with Crippen molar-refractivity contribution >= 4 is 10.0 Å². The minimum Gasteiger partial charge on any atom is -0.395 e. The van der Waals surface area contributed by atoms with Crippen LogP contribution in [0.4, 0.5) is 0 Å². The molecule has 1 aliphatic carbocycles. The lowest BCUT2D eigenvalue weighted by Crippen LogP contribution is -2.29. The predicted molar refractivity (Wildman–Crippen MR) is 79.2 cm³/mol. The third kappa shape index (κ3) is 3.40. The minimum atomic E-state index is -3.48. The number of nitrogens with zero attached hydrogens (tertiary/aromatic N) is 1. The molecule has 1 aromatic rings. The van der Waals surface area contributed by atoms with Gasteiger partial charge in [0.2, 0.25) is 10.0 Å². The zero-order chi connectivity index (χ0) is 14.6. The van der Waals surface area contributed by atoms with E-state index in [1.165, 1.54) is 49.0 Å². The molecule has 0 bridgehead atoms. The maximum absolute atomic E-state index is 12.2. The first-order valence-electron chi connectivity index (χ1n) is 7.23. The summed E-state index contributed by atoms with van der Waals surface area (Å²) in [5.41, 5.74) is 1.24. The molecular formula is C15H23NO3S. The normalized spacial score (nSPS) is 17.6. The fourth-order valence-electron chi connectivity index (χ4n) is 2.79. The summed E-state index contributed by atoms with van der Waals surface area (Å²) in [5.74, 6) is 0.579. The van der Waals surface area contributed by atoms with E-state index in [9.17, 15) is 8.42 Å². The summed E-state index contributed by atoms with van der Waals surface area (Å²) in [5, 5.41) is 8.86. The molecule has 0 spiro atoms. The van der Waals surface area contributed by atoms with Crippen molar-refractivity contribution in [1.82, 2.24) is 4.31 Å². The van der Waals surface area contributed by atoms with Crippen LogP contribution in [-0.2, 0) is 10.0 Å². The molecule has 0 aliphatic heterocycles. The van der Waals surface area contributed by atoms with Gasteiger partial charge in [-0.15, -0.1) is 0 Å². The first kappa shape index (κ1) is 15.5. The van der Waals surface area contributed by atoms with Crippen LogP contribution in [0.5, 0.6) is 0 Å². The molecule has 0 radical (unpaired) electrons. The third-order valence-corrected chi connectivity index (χ3v) is 5.95. The molecule has 0 saturated heterocycles. The average Bonchev–Trinajstić information content (AvgIpc) is 2.48.